The van der Waals surface area contributed by atoms with Gasteiger partial charge in [-0.15, -0.1) is 0 Å². The molecule has 5 nitrogen and oxygen atoms in total. The van der Waals surface area contributed by atoms with Crippen molar-refractivity contribution in [2.45, 2.75) is 76.5 Å². The Morgan fingerprint density at radius 2 is 1.13 bits per heavy atom. The SMILES string of the molecule is C1CCCCC1.O=C(O)O.O=C(O)c1cccc(-c2ccccc2)c1C1CCCCC1. The molecule has 4 rings (SSSR count). The molecule has 0 atom stereocenters. The van der Waals surface area contributed by atoms with E-state index in [1.807, 2.05) is 24.3 Å². The van der Waals surface area contributed by atoms with Crippen LogP contribution in [0.15, 0.2) is 48.5 Å². The van der Waals surface area contributed by atoms with Crippen molar-refractivity contribution in [2.75, 3.05) is 0 Å². The Balaban J connectivity index is 0.000000283. The third-order valence-corrected chi connectivity index (χ3v) is 5.93. The fraction of sp³-hybridized carbons (Fsp3) is 0.462. The summed E-state index contributed by atoms with van der Waals surface area (Å²) in [5, 5.41) is 23.5. The van der Waals surface area contributed by atoms with E-state index in [2.05, 4.69) is 18.2 Å². The first-order chi connectivity index (χ1) is 15.0. The van der Waals surface area contributed by atoms with Crippen LogP contribution in [-0.2, 0) is 0 Å². The first-order valence-electron chi connectivity index (χ1n) is 11.3. The van der Waals surface area contributed by atoms with Crippen LogP contribution in [0.1, 0.15) is 92.5 Å². The lowest BCUT2D eigenvalue weighted by Crippen LogP contribution is -2.12. The summed E-state index contributed by atoms with van der Waals surface area (Å²) in [5.41, 5.74) is 3.71. The minimum absolute atomic E-state index is 0.376. The summed E-state index contributed by atoms with van der Waals surface area (Å²) in [5.74, 6) is -0.436. The number of rotatable bonds is 3. The van der Waals surface area contributed by atoms with E-state index < -0.39 is 12.1 Å². The number of benzene rings is 2. The van der Waals surface area contributed by atoms with Gasteiger partial charge in [-0.2, -0.15) is 0 Å². The summed E-state index contributed by atoms with van der Waals surface area (Å²) in [6, 6.07) is 15.8. The standard InChI is InChI=1S/C19H20O2.C6H12.CH2O3/c20-19(21)17-13-7-12-16(14-8-3-1-4-9-14)18(17)15-10-5-2-6-11-15;1-2-4-6-5-3-1;2-1(3)4/h1,3-4,7-9,12-13,15H,2,5-6,10-11H2,(H,20,21);1-6H2;(H2,2,3,4). The average molecular weight is 427 g/mol. The summed E-state index contributed by atoms with van der Waals surface area (Å²) < 4.78 is 0. The molecule has 3 N–H and O–H groups in total. The Bertz CT molecular complexity index is 790. The molecule has 2 aromatic rings. The third-order valence-electron chi connectivity index (χ3n) is 5.93. The summed E-state index contributed by atoms with van der Waals surface area (Å²) in [4.78, 5) is 20.2. The molecule has 168 valence electrons. The topological polar surface area (TPSA) is 94.8 Å². The molecule has 0 saturated heterocycles. The Kier molecular flexibility index (Phi) is 10.6. The molecule has 2 aliphatic carbocycles. The van der Waals surface area contributed by atoms with Gasteiger partial charge in [-0.3, -0.25) is 0 Å². The van der Waals surface area contributed by atoms with E-state index in [1.54, 1.807) is 6.07 Å². The normalized spacial score (nSPS) is 16.1. The van der Waals surface area contributed by atoms with Gasteiger partial charge in [0.15, 0.2) is 0 Å². The van der Waals surface area contributed by atoms with E-state index in [1.165, 1.54) is 57.8 Å². The van der Waals surface area contributed by atoms with Gasteiger partial charge >= 0.3 is 12.1 Å². The van der Waals surface area contributed by atoms with Crippen LogP contribution in [-0.4, -0.2) is 27.4 Å². The lowest BCUT2D eigenvalue weighted by molar-refractivity contribution is 0.0694. The molecule has 0 heterocycles. The van der Waals surface area contributed by atoms with E-state index in [9.17, 15) is 9.90 Å². The predicted molar refractivity (Wildman–Crippen MR) is 123 cm³/mol. The second-order valence-corrected chi connectivity index (χ2v) is 8.18. The molecular weight excluding hydrogens is 392 g/mol. The molecule has 2 aliphatic rings. The Labute approximate surface area is 184 Å². The molecule has 2 fully saturated rings. The second kappa shape index (κ2) is 13.5. The maximum absolute atomic E-state index is 11.6. The van der Waals surface area contributed by atoms with E-state index in [0.29, 0.717) is 11.5 Å². The highest BCUT2D eigenvalue weighted by Gasteiger charge is 2.24. The summed E-state index contributed by atoms with van der Waals surface area (Å²) in [7, 11) is 0. The van der Waals surface area contributed by atoms with Crippen molar-refractivity contribution in [2.24, 2.45) is 0 Å². The number of carboxylic acids is 1. The van der Waals surface area contributed by atoms with Crippen molar-refractivity contribution in [3.05, 3.63) is 59.7 Å². The van der Waals surface area contributed by atoms with E-state index in [0.717, 1.165) is 29.5 Å². The molecule has 5 heteroatoms. The van der Waals surface area contributed by atoms with Gasteiger partial charge in [0.2, 0.25) is 0 Å². The molecule has 2 aromatic carbocycles. The quantitative estimate of drug-likeness (QED) is 0.468. The first kappa shape index (κ1) is 24.4. The molecule has 0 unspecified atom stereocenters. The van der Waals surface area contributed by atoms with Gasteiger partial charge in [0.25, 0.3) is 0 Å². The van der Waals surface area contributed by atoms with Crippen molar-refractivity contribution in [1.82, 2.24) is 0 Å². The minimum Gasteiger partial charge on any atom is -0.478 e. The molecule has 0 aliphatic heterocycles. The Morgan fingerprint density at radius 3 is 1.61 bits per heavy atom. The fourth-order valence-electron chi connectivity index (χ4n) is 4.51. The first-order valence-corrected chi connectivity index (χ1v) is 11.3. The highest BCUT2D eigenvalue weighted by molar-refractivity contribution is 5.92. The summed E-state index contributed by atoms with van der Waals surface area (Å²) in [6.45, 7) is 0. The van der Waals surface area contributed by atoms with Crippen LogP contribution in [0.25, 0.3) is 11.1 Å². The number of hydrogen-bond donors (Lipinski definition) is 3. The molecule has 0 bridgehead atoms. The summed E-state index contributed by atoms with van der Waals surface area (Å²) >= 11 is 0. The smallest absolute Gasteiger partial charge is 0.478 e. The Morgan fingerprint density at radius 1 is 0.645 bits per heavy atom. The highest BCUT2D eigenvalue weighted by Crippen LogP contribution is 2.40. The monoisotopic (exact) mass is 426 g/mol. The van der Waals surface area contributed by atoms with Gasteiger partial charge < -0.3 is 15.3 Å². The maximum Gasteiger partial charge on any atom is 0.503 e. The van der Waals surface area contributed by atoms with Crippen LogP contribution in [0.3, 0.4) is 0 Å². The van der Waals surface area contributed by atoms with Crippen LogP contribution in [0.2, 0.25) is 0 Å². The third kappa shape index (κ3) is 8.44. The lowest BCUT2D eigenvalue weighted by Gasteiger charge is -2.26. The molecule has 0 spiro atoms. The van der Waals surface area contributed by atoms with E-state index in [4.69, 9.17) is 15.0 Å². The van der Waals surface area contributed by atoms with E-state index in [-0.39, 0.29) is 0 Å². The number of carbonyl (C=O) groups is 2. The van der Waals surface area contributed by atoms with Gasteiger partial charge in [-0.1, -0.05) is 100 Å². The summed E-state index contributed by atoms with van der Waals surface area (Å²) in [6.07, 6.45) is 13.0. The largest absolute Gasteiger partial charge is 0.503 e. The van der Waals surface area contributed by atoms with Gasteiger partial charge in [0, 0.05) is 0 Å². The molecule has 2 saturated carbocycles. The second-order valence-electron chi connectivity index (χ2n) is 8.18. The lowest BCUT2D eigenvalue weighted by atomic mass is 9.78. The fourth-order valence-corrected chi connectivity index (χ4v) is 4.51. The zero-order chi connectivity index (χ0) is 22.5. The van der Waals surface area contributed by atoms with Gasteiger partial charge in [-0.05, 0) is 41.5 Å². The Hall–Kier alpha value is -2.82. The zero-order valence-electron chi connectivity index (χ0n) is 18.1. The van der Waals surface area contributed by atoms with Crippen molar-refractivity contribution < 1.29 is 24.9 Å². The van der Waals surface area contributed by atoms with Crippen molar-refractivity contribution in [3.8, 4) is 11.1 Å². The van der Waals surface area contributed by atoms with Crippen LogP contribution in [0.5, 0.6) is 0 Å². The number of carboxylic acid groups (broad SMARTS) is 3. The molecule has 0 amide bonds. The predicted octanol–water partition coefficient (Wildman–Crippen LogP) is 7.66. The molecule has 0 radical (unpaired) electrons. The number of aromatic carboxylic acids is 1. The molecule has 31 heavy (non-hydrogen) atoms. The zero-order valence-corrected chi connectivity index (χ0v) is 18.1. The number of hydrogen-bond acceptors (Lipinski definition) is 2. The van der Waals surface area contributed by atoms with Crippen LogP contribution >= 0.6 is 0 Å². The van der Waals surface area contributed by atoms with Gasteiger partial charge in [0.05, 0.1) is 5.56 Å². The highest BCUT2D eigenvalue weighted by atomic mass is 16.6. The molecule has 0 aromatic heterocycles. The van der Waals surface area contributed by atoms with Gasteiger partial charge in [-0.25, -0.2) is 9.59 Å². The average Bonchev–Trinajstić information content (AvgIpc) is 2.81. The van der Waals surface area contributed by atoms with Gasteiger partial charge in [0.1, 0.15) is 0 Å². The minimum atomic E-state index is -1.83. The van der Waals surface area contributed by atoms with Crippen LogP contribution < -0.4 is 0 Å². The van der Waals surface area contributed by atoms with Crippen molar-refractivity contribution in [1.29, 1.82) is 0 Å². The van der Waals surface area contributed by atoms with Crippen LogP contribution in [0.4, 0.5) is 4.79 Å². The van der Waals surface area contributed by atoms with E-state index >= 15 is 0 Å². The van der Waals surface area contributed by atoms with Crippen LogP contribution in [0, 0.1) is 0 Å². The van der Waals surface area contributed by atoms with Crippen molar-refractivity contribution >= 4 is 12.1 Å². The molecular formula is C26H34O5. The van der Waals surface area contributed by atoms with Crippen molar-refractivity contribution in [3.63, 3.8) is 0 Å². The maximum atomic E-state index is 11.6.